The second-order valence-corrected chi connectivity index (χ2v) is 3.59. The molecule has 2 rings (SSSR count). The number of ether oxygens (including phenoxy) is 1. The number of hydrogen-bond acceptors (Lipinski definition) is 4. The monoisotopic (exact) mass is 255 g/mol. The Hall–Kier alpha value is -1.59. The molecule has 0 fully saturated rings. The molecule has 1 atom stereocenters. The van der Waals surface area contributed by atoms with Crippen molar-refractivity contribution in [3.05, 3.63) is 30.2 Å². The van der Waals surface area contributed by atoms with Gasteiger partial charge in [-0.05, 0) is 31.2 Å². The van der Waals surface area contributed by atoms with E-state index in [-0.39, 0.29) is 18.4 Å². The zero-order chi connectivity index (χ0) is 11.5. The highest BCUT2D eigenvalue weighted by atomic mass is 35.5. The third-order valence-electron chi connectivity index (χ3n) is 2.21. The summed E-state index contributed by atoms with van der Waals surface area (Å²) >= 11 is 0. The minimum Gasteiger partial charge on any atom is -1.00 e. The van der Waals surface area contributed by atoms with Crippen molar-refractivity contribution in [2.24, 2.45) is 0 Å². The lowest BCUT2D eigenvalue weighted by Crippen LogP contribution is -3.00. The molecule has 0 amide bonds. The van der Waals surface area contributed by atoms with E-state index in [0.29, 0.717) is 11.7 Å². The molecule has 6 heteroatoms. The number of quaternary nitrogens is 1. The Morgan fingerprint density at radius 2 is 1.94 bits per heavy atom. The van der Waals surface area contributed by atoms with E-state index >= 15 is 0 Å². The average Bonchev–Trinajstić information content (AvgIpc) is 2.78. The summed E-state index contributed by atoms with van der Waals surface area (Å²) in [6, 6.07) is 7.50. The van der Waals surface area contributed by atoms with Gasteiger partial charge in [-0.3, -0.25) is 0 Å². The number of methoxy groups -OCH3 is 1. The van der Waals surface area contributed by atoms with Gasteiger partial charge in [0.25, 0.3) is 5.89 Å². The normalized spacial score (nSPS) is 11.7. The summed E-state index contributed by atoms with van der Waals surface area (Å²) in [7, 11) is 1.63. The predicted octanol–water partition coefficient (Wildman–Crippen LogP) is -1.95. The molecule has 0 saturated heterocycles. The van der Waals surface area contributed by atoms with Crippen molar-refractivity contribution in [1.82, 2.24) is 10.1 Å². The molecule has 5 nitrogen and oxygen atoms in total. The minimum atomic E-state index is -0.000464. The van der Waals surface area contributed by atoms with E-state index in [1.165, 1.54) is 0 Å². The maximum absolute atomic E-state index is 5.08. The van der Waals surface area contributed by atoms with Crippen LogP contribution < -0.4 is 22.9 Å². The molecule has 0 radical (unpaired) electrons. The van der Waals surface area contributed by atoms with Gasteiger partial charge < -0.3 is 27.4 Å². The van der Waals surface area contributed by atoms with Crippen molar-refractivity contribution in [3.8, 4) is 17.1 Å². The van der Waals surface area contributed by atoms with E-state index in [1.54, 1.807) is 7.11 Å². The molecule has 0 bridgehead atoms. The van der Waals surface area contributed by atoms with Crippen molar-refractivity contribution in [3.63, 3.8) is 0 Å². The third-order valence-corrected chi connectivity index (χ3v) is 2.21. The molecule has 3 N–H and O–H groups in total. The van der Waals surface area contributed by atoms with Crippen molar-refractivity contribution in [2.45, 2.75) is 13.0 Å². The third kappa shape index (κ3) is 2.95. The molecule has 0 spiro atoms. The van der Waals surface area contributed by atoms with Gasteiger partial charge in [-0.25, -0.2) is 0 Å². The van der Waals surface area contributed by atoms with E-state index in [2.05, 4.69) is 15.9 Å². The van der Waals surface area contributed by atoms with E-state index in [4.69, 9.17) is 9.26 Å². The predicted molar refractivity (Wildman–Crippen MR) is 57.6 cm³/mol. The van der Waals surface area contributed by atoms with E-state index in [0.717, 1.165) is 11.3 Å². The Morgan fingerprint density at radius 3 is 2.41 bits per heavy atom. The molecule has 17 heavy (non-hydrogen) atoms. The number of benzene rings is 1. The van der Waals surface area contributed by atoms with Crippen LogP contribution in [0.3, 0.4) is 0 Å². The number of halogens is 1. The minimum absolute atomic E-state index is 0. The zero-order valence-corrected chi connectivity index (χ0v) is 10.4. The highest BCUT2D eigenvalue weighted by Gasteiger charge is 2.13. The molecule has 1 aromatic carbocycles. The van der Waals surface area contributed by atoms with Crippen LogP contribution in [0.1, 0.15) is 18.9 Å². The standard InChI is InChI=1S/C11H13N3O2.ClH/c1-7(12)11-13-10(14-16-11)8-3-5-9(15-2)6-4-8;/h3-7H,12H2,1-2H3;1H. The Kier molecular flexibility index (Phi) is 4.48. The molecular formula is C11H14ClN3O2. The molecule has 0 saturated carbocycles. The first-order valence-electron chi connectivity index (χ1n) is 5.02. The number of nitrogens with zero attached hydrogens (tertiary/aromatic N) is 2. The maximum Gasteiger partial charge on any atom is 0.284 e. The lowest BCUT2D eigenvalue weighted by Gasteiger charge is -1.98. The molecule has 1 unspecified atom stereocenters. The highest BCUT2D eigenvalue weighted by molar-refractivity contribution is 5.55. The van der Waals surface area contributed by atoms with Crippen LogP contribution in [0.15, 0.2) is 28.8 Å². The molecule has 0 aliphatic rings. The Bertz CT molecular complexity index is 468. The second kappa shape index (κ2) is 5.65. The Labute approximate surface area is 105 Å². The molecular weight excluding hydrogens is 242 g/mol. The van der Waals surface area contributed by atoms with Gasteiger partial charge in [0.2, 0.25) is 5.82 Å². The lowest BCUT2D eigenvalue weighted by atomic mass is 10.2. The summed E-state index contributed by atoms with van der Waals surface area (Å²) in [5.41, 5.74) is 4.73. The van der Waals surface area contributed by atoms with Gasteiger partial charge in [-0.1, -0.05) is 5.16 Å². The number of hydrogen-bond donors (Lipinski definition) is 1. The van der Waals surface area contributed by atoms with Crippen molar-refractivity contribution in [1.29, 1.82) is 0 Å². The van der Waals surface area contributed by atoms with Gasteiger partial charge in [0.05, 0.1) is 7.11 Å². The first-order chi connectivity index (χ1) is 7.70. The fraction of sp³-hybridized carbons (Fsp3) is 0.273. The molecule has 0 aliphatic carbocycles. The van der Waals surface area contributed by atoms with Crippen LogP contribution in [0.4, 0.5) is 0 Å². The van der Waals surface area contributed by atoms with E-state index in [1.807, 2.05) is 31.2 Å². The first kappa shape index (κ1) is 13.5. The van der Waals surface area contributed by atoms with Gasteiger partial charge >= 0.3 is 0 Å². The quantitative estimate of drug-likeness (QED) is 0.692. The summed E-state index contributed by atoms with van der Waals surface area (Å²) in [6.45, 7) is 1.91. The number of aromatic nitrogens is 2. The van der Waals surface area contributed by atoms with Gasteiger partial charge in [-0.15, -0.1) is 0 Å². The van der Waals surface area contributed by atoms with Crippen molar-refractivity contribution >= 4 is 0 Å². The molecule has 92 valence electrons. The second-order valence-electron chi connectivity index (χ2n) is 3.59. The topological polar surface area (TPSA) is 75.8 Å². The zero-order valence-electron chi connectivity index (χ0n) is 9.68. The molecule has 0 aliphatic heterocycles. The van der Waals surface area contributed by atoms with Gasteiger partial charge in [-0.2, -0.15) is 4.98 Å². The lowest BCUT2D eigenvalue weighted by molar-refractivity contribution is -0.425. The summed E-state index contributed by atoms with van der Waals surface area (Å²) in [5.74, 6) is 1.93. The van der Waals surface area contributed by atoms with Gasteiger partial charge in [0.15, 0.2) is 6.04 Å². The van der Waals surface area contributed by atoms with E-state index < -0.39 is 0 Å². The SMILES string of the molecule is COc1ccc(-c2noc(C(C)[NH3+])n2)cc1.[Cl-]. The summed E-state index contributed by atoms with van der Waals surface area (Å²) in [5, 5.41) is 3.90. The highest BCUT2D eigenvalue weighted by Crippen LogP contribution is 2.20. The van der Waals surface area contributed by atoms with Crippen LogP contribution in [0.5, 0.6) is 5.75 Å². The van der Waals surface area contributed by atoms with Crippen LogP contribution in [0.2, 0.25) is 0 Å². The molecule has 1 aromatic heterocycles. The fourth-order valence-electron chi connectivity index (χ4n) is 1.29. The average molecular weight is 256 g/mol. The van der Waals surface area contributed by atoms with Crippen LogP contribution in [0.25, 0.3) is 11.4 Å². The van der Waals surface area contributed by atoms with Crippen LogP contribution in [-0.2, 0) is 0 Å². The smallest absolute Gasteiger partial charge is 0.284 e. The first-order valence-corrected chi connectivity index (χ1v) is 5.02. The fourth-order valence-corrected chi connectivity index (χ4v) is 1.29. The Morgan fingerprint density at radius 1 is 1.29 bits per heavy atom. The van der Waals surface area contributed by atoms with Crippen LogP contribution >= 0.6 is 0 Å². The van der Waals surface area contributed by atoms with Gasteiger partial charge in [0, 0.05) is 5.56 Å². The summed E-state index contributed by atoms with van der Waals surface area (Å²) in [6.07, 6.45) is 0. The maximum atomic E-state index is 5.08. The van der Waals surface area contributed by atoms with Gasteiger partial charge in [0.1, 0.15) is 5.75 Å². The van der Waals surface area contributed by atoms with E-state index in [9.17, 15) is 0 Å². The summed E-state index contributed by atoms with van der Waals surface area (Å²) < 4.78 is 10.2. The van der Waals surface area contributed by atoms with Crippen molar-refractivity contribution < 1.29 is 27.4 Å². The Balaban J connectivity index is 0.00000144. The van der Waals surface area contributed by atoms with Crippen molar-refractivity contribution in [2.75, 3.05) is 7.11 Å². The van der Waals surface area contributed by atoms with Crippen LogP contribution in [0, 0.1) is 0 Å². The molecule has 2 aromatic rings. The van der Waals surface area contributed by atoms with Crippen LogP contribution in [-0.4, -0.2) is 17.3 Å². The number of rotatable bonds is 3. The molecule has 1 heterocycles. The largest absolute Gasteiger partial charge is 1.00 e. The summed E-state index contributed by atoms with van der Waals surface area (Å²) in [4.78, 5) is 4.25.